The Bertz CT molecular complexity index is 614. The Balaban J connectivity index is 2.21. The lowest BCUT2D eigenvalue weighted by Gasteiger charge is -2.18. The minimum absolute atomic E-state index is 0.0271. The molecular formula is C15H19BrClN3. The Morgan fingerprint density at radius 1 is 1.35 bits per heavy atom. The van der Waals surface area contributed by atoms with Crippen molar-refractivity contribution in [2.24, 2.45) is 7.05 Å². The molecule has 3 nitrogen and oxygen atoms in total. The van der Waals surface area contributed by atoms with Crippen LogP contribution in [-0.4, -0.2) is 9.78 Å². The van der Waals surface area contributed by atoms with Crippen LogP contribution in [0.15, 0.2) is 28.9 Å². The Kier molecular flexibility index (Phi) is 4.45. The van der Waals surface area contributed by atoms with Gasteiger partial charge in [0.25, 0.3) is 0 Å². The van der Waals surface area contributed by atoms with Gasteiger partial charge in [-0.15, -0.1) is 0 Å². The molecule has 0 amide bonds. The van der Waals surface area contributed by atoms with E-state index in [2.05, 4.69) is 53.3 Å². The molecule has 0 aliphatic rings. The Morgan fingerprint density at radius 3 is 2.70 bits per heavy atom. The van der Waals surface area contributed by atoms with Gasteiger partial charge in [-0.25, -0.2) is 0 Å². The first kappa shape index (κ1) is 15.4. The first-order valence-corrected chi connectivity index (χ1v) is 7.66. The molecule has 0 unspecified atom stereocenters. The average Bonchev–Trinajstić information content (AvgIpc) is 2.72. The van der Waals surface area contributed by atoms with Gasteiger partial charge in [0.05, 0.1) is 16.4 Å². The van der Waals surface area contributed by atoms with Gasteiger partial charge in [0, 0.05) is 35.2 Å². The fraction of sp³-hybridized carbons (Fsp3) is 0.400. The molecule has 1 aromatic heterocycles. The zero-order chi connectivity index (χ0) is 14.9. The van der Waals surface area contributed by atoms with E-state index in [9.17, 15) is 0 Å². The normalized spacial score (nSPS) is 11.7. The Labute approximate surface area is 133 Å². The number of nitrogens with zero attached hydrogens (tertiary/aromatic N) is 2. The smallest absolute Gasteiger partial charge is 0.0727 e. The lowest BCUT2D eigenvalue weighted by Crippen LogP contribution is -2.16. The summed E-state index contributed by atoms with van der Waals surface area (Å²) in [6.07, 6.45) is 2.06. The summed E-state index contributed by atoms with van der Waals surface area (Å²) in [4.78, 5) is 0. The SMILES string of the molecule is Cn1cc(CNc2cc(Br)ccc2Cl)c(C(C)(C)C)n1. The highest BCUT2D eigenvalue weighted by Crippen LogP contribution is 2.28. The number of aryl methyl sites for hydroxylation is 1. The number of rotatable bonds is 3. The summed E-state index contributed by atoms with van der Waals surface area (Å²) in [7, 11) is 1.95. The van der Waals surface area contributed by atoms with Gasteiger partial charge in [0.15, 0.2) is 0 Å². The van der Waals surface area contributed by atoms with E-state index in [1.54, 1.807) is 0 Å². The standard InChI is InChI=1S/C15H19BrClN3/c1-15(2,3)14-10(9-20(4)19-14)8-18-13-7-11(16)5-6-12(13)17/h5-7,9,18H,8H2,1-4H3. The van der Waals surface area contributed by atoms with Crippen molar-refractivity contribution in [2.75, 3.05) is 5.32 Å². The van der Waals surface area contributed by atoms with E-state index < -0.39 is 0 Å². The summed E-state index contributed by atoms with van der Waals surface area (Å²) in [5.74, 6) is 0. The van der Waals surface area contributed by atoms with Gasteiger partial charge >= 0.3 is 0 Å². The predicted molar refractivity (Wildman–Crippen MR) is 88.4 cm³/mol. The average molecular weight is 357 g/mol. The molecule has 1 heterocycles. The van der Waals surface area contributed by atoms with Crippen LogP contribution >= 0.6 is 27.5 Å². The molecule has 0 atom stereocenters. The molecule has 0 fully saturated rings. The van der Waals surface area contributed by atoms with E-state index in [4.69, 9.17) is 11.6 Å². The lowest BCUT2D eigenvalue weighted by molar-refractivity contribution is 0.549. The quantitative estimate of drug-likeness (QED) is 0.860. The van der Waals surface area contributed by atoms with Gasteiger partial charge in [-0.1, -0.05) is 48.3 Å². The highest BCUT2D eigenvalue weighted by Gasteiger charge is 2.21. The summed E-state index contributed by atoms with van der Waals surface area (Å²) in [5, 5.41) is 8.67. The van der Waals surface area contributed by atoms with Gasteiger partial charge in [-0.3, -0.25) is 4.68 Å². The Hall–Kier alpha value is -1.00. The lowest BCUT2D eigenvalue weighted by atomic mass is 9.89. The molecular weight excluding hydrogens is 338 g/mol. The molecule has 0 aliphatic heterocycles. The molecule has 5 heteroatoms. The molecule has 0 saturated heterocycles. The van der Waals surface area contributed by atoms with E-state index in [1.165, 1.54) is 5.56 Å². The molecule has 2 rings (SSSR count). The number of nitrogens with one attached hydrogen (secondary N) is 1. The number of aromatic nitrogens is 2. The maximum absolute atomic E-state index is 6.19. The predicted octanol–water partition coefficient (Wildman–Crippen LogP) is 4.75. The largest absolute Gasteiger partial charge is 0.380 e. The van der Waals surface area contributed by atoms with Gasteiger partial charge < -0.3 is 5.32 Å². The molecule has 0 spiro atoms. The molecule has 0 aliphatic carbocycles. The van der Waals surface area contributed by atoms with Crippen LogP contribution in [0.2, 0.25) is 5.02 Å². The number of anilines is 1. The number of benzene rings is 1. The maximum Gasteiger partial charge on any atom is 0.0727 e. The van der Waals surface area contributed by atoms with Crippen molar-refractivity contribution in [1.29, 1.82) is 0 Å². The van der Waals surface area contributed by atoms with E-state index in [0.29, 0.717) is 6.54 Å². The number of halogens is 2. The van der Waals surface area contributed by atoms with E-state index in [-0.39, 0.29) is 5.41 Å². The van der Waals surface area contributed by atoms with Gasteiger partial charge in [0.1, 0.15) is 0 Å². The second-order valence-corrected chi connectivity index (χ2v) is 7.23. The first-order chi connectivity index (χ1) is 9.27. The molecule has 0 radical (unpaired) electrons. The van der Waals surface area contributed by atoms with Crippen molar-refractivity contribution in [3.8, 4) is 0 Å². The highest BCUT2D eigenvalue weighted by molar-refractivity contribution is 9.10. The van der Waals surface area contributed by atoms with Crippen LogP contribution in [0.4, 0.5) is 5.69 Å². The molecule has 1 aromatic carbocycles. The van der Waals surface area contributed by atoms with Crippen molar-refractivity contribution >= 4 is 33.2 Å². The molecule has 0 bridgehead atoms. The van der Waals surface area contributed by atoms with Crippen molar-refractivity contribution in [1.82, 2.24) is 9.78 Å². The minimum Gasteiger partial charge on any atom is -0.380 e. The van der Waals surface area contributed by atoms with Crippen LogP contribution < -0.4 is 5.32 Å². The van der Waals surface area contributed by atoms with Gasteiger partial charge in [0.2, 0.25) is 0 Å². The third kappa shape index (κ3) is 3.55. The van der Waals surface area contributed by atoms with Crippen LogP contribution in [0.3, 0.4) is 0 Å². The van der Waals surface area contributed by atoms with E-state index in [0.717, 1.165) is 20.9 Å². The Morgan fingerprint density at radius 2 is 2.05 bits per heavy atom. The number of hydrogen-bond donors (Lipinski definition) is 1. The van der Waals surface area contributed by atoms with Crippen LogP contribution in [0.1, 0.15) is 32.0 Å². The monoisotopic (exact) mass is 355 g/mol. The van der Waals surface area contributed by atoms with Crippen molar-refractivity contribution < 1.29 is 0 Å². The van der Waals surface area contributed by atoms with Crippen LogP contribution in [-0.2, 0) is 19.0 Å². The van der Waals surface area contributed by atoms with Crippen LogP contribution in [0, 0.1) is 0 Å². The first-order valence-electron chi connectivity index (χ1n) is 6.49. The van der Waals surface area contributed by atoms with Gasteiger partial charge in [-0.2, -0.15) is 5.10 Å². The summed E-state index contributed by atoms with van der Waals surface area (Å²) in [6.45, 7) is 7.22. The molecule has 1 N–H and O–H groups in total. The van der Waals surface area contributed by atoms with Crippen molar-refractivity contribution in [2.45, 2.75) is 32.7 Å². The zero-order valence-electron chi connectivity index (χ0n) is 12.2. The summed E-state index contributed by atoms with van der Waals surface area (Å²) < 4.78 is 2.87. The summed E-state index contributed by atoms with van der Waals surface area (Å²) in [6, 6.07) is 5.79. The van der Waals surface area contributed by atoms with Crippen molar-refractivity contribution in [3.05, 3.63) is 45.1 Å². The summed E-state index contributed by atoms with van der Waals surface area (Å²) in [5.41, 5.74) is 3.25. The van der Waals surface area contributed by atoms with E-state index in [1.807, 2.05) is 29.9 Å². The van der Waals surface area contributed by atoms with Crippen LogP contribution in [0.25, 0.3) is 0 Å². The molecule has 20 heavy (non-hydrogen) atoms. The maximum atomic E-state index is 6.19. The van der Waals surface area contributed by atoms with Gasteiger partial charge in [-0.05, 0) is 18.2 Å². The molecule has 108 valence electrons. The highest BCUT2D eigenvalue weighted by atomic mass is 79.9. The fourth-order valence-corrected chi connectivity index (χ4v) is 2.67. The minimum atomic E-state index is 0.0271. The second-order valence-electron chi connectivity index (χ2n) is 5.90. The van der Waals surface area contributed by atoms with Crippen LogP contribution in [0.5, 0.6) is 0 Å². The van der Waals surface area contributed by atoms with E-state index >= 15 is 0 Å². The zero-order valence-corrected chi connectivity index (χ0v) is 14.5. The summed E-state index contributed by atoms with van der Waals surface area (Å²) >= 11 is 9.65. The molecule has 2 aromatic rings. The second kappa shape index (κ2) is 5.78. The fourth-order valence-electron chi connectivity index (χ4n) is 2.12. The number of hydrogen-bond acceptors (Lipinski definition) is 2. The molecule has 0 saturated carbocycles. The third-order valence-corrected chi connectivity index (χ3v) is 3.84. The third-order valence-electron chi connectivity index (χ3n) is 3.01. The topological polar surface area (TPSA) is 29.9 Å². The van der Waals surface area contributed by atoms with Crippen molar-refractivity contribution in [3.63, 3.8) is 0 Å².